The zero-order valence-electron chi connectivity index (χ0n) is 21.8. The molecule has 5 rings (SSSR count). The molecule has 1 unspecified atom stereocenters. The van der Waals surface area contributed by atoms with Crippen molar-refractivity contribution in [3.8, 4) is 23.0 Å². The first-order chi connectivity index (χ1) is 18.8. The number of phenols is 1. The molecule has 2 N–H and O–H groups in total. The molecular formula is C30H27NO8. The number of aliphatic hydroxyl groups excluding tert-OH is 1. The lowest BCUT2D eigenvalue weighted by atomic mass is 9.94. The number of Topliss-reactive ketones (excluding diaryl/α,β-unsaturated/α-hetero) is 1. The van der Waals surface area contributed by atoms with Crippen molar-refractivity contribution in [2.45, 2.75) is 19.9 Å². The van der Waals surface area contributed by atoms with Gasteiger partial charge in [-0.15, -0.1) is 0 Å². The van der Waals surface area contributed by atoms with Crippen molar-refractivity contribution in [1.29, 1.82) is 0 Å². The lowest BCUT2D eigenvalue weighted by Crippen LogP contribution is -2.31. The maximum absolute atomic E-state index is 14.0. The monoisotopic (exact) mass is 529 g/mol. The van der Waals surface area contributed by atoms with Crippen LogP contribution in [0.3, 0.4) is 0 Å². The van der Waals surface area contributed by atoms with Gasteiger partial charge in [-0.25, -0.2) is 0 Å². The smallest absolute Gasteiger partial charge is 0.294 e. The maximum Gasteiger partial charge on any atom is 0.294 e. The fraction of sp³-hybridized carbons (Fsp3) is 0.200. The molecule has 4 aromatic rings. The Balaban J connectivity index is 1.71. The average Bonchev–Trinajstić information content (AvgIpc) is 3.49. The Kier molecular flexibility index (Phi) is 6.66. The van der Waals surface area contributed by atoms with E-state index >= 15 is 0 Å². The van der Waals surface area contributed by atoms with Crippen LogP contribution >= 0.6 is 0 Å². The van der Waals surface area contributed by atoms with Gasteiger partial charge in [0.2, 0.25) is 5.78 Å². The number of furan rings is 1. The number of rotatable bonds is 8. The van der Waals surface area contributed by atoms with Crippen LogP contribution in [0.1, 0.15) is 34.6 Å². The van der Waals surface area contributed by atoms with Crippen LogP contribution in [-0.4, -0.2) is 42.7 Å². The van der Waals surface area contributed by atoms with Gasteiger partial charge in [-0.05, 0) is 61.4 Å². The van der Waals surface area contributed by atoms with Crippen LogP contribution in [0.5, 0.6) is 23.0 Å². The SMILES string of the molecule is CCOc1cc(C2C(C(=O)c3cc4cccc(OC)c4o3)=C(O)C(=O)N2c2cc(C)ccc2O)ccc1OC. The standard InChI is InChI=1S/C30H27NO8/c1-5-38-23-14-17(10-12-21(23)36-3)26-25(27(33)24-15-18-7-6-8-22(37-4)29(18)39-24)28(34)30(35)31(26)19-13-16(2)9-11-20(19)32/h6-15,26,32,34H,5H2,1-4H3. The molecule has 200 valence electrons. The molecule has 1 aliphatic heterocycles. The van der Waals surface area contributed by atoms with Gasteiger partial charge in [0.25, 0.3) is 5.91 Å². The van der Waals surface area contributed by atoms with Gasteiger partial charge in [-0.2, -0.15) is 0 Å². The summed E-state index contributed by atoms with van der Waals surface area (Å²) in [6.45, 7) is 3.97. The minimum Gasteiger partial charge on any atom is -0.506 e. The number of aliphatic hydroxyl groups is 1. The van der Waals surface area contributed by atoms with Crippen LogP contribution in [0.2, 0.25) is 0 Å². The lowest BCUT2D eigenvalue weighted by Gasteiger charge is -2.28. The second-order valence-corrected chi connectivity index (χ2v) is 8.99. The highest BCUT2D eigenvalue weighted by atomic mass is 16.5. The Hall–Kier alpha value is -4.92. The number of nitrogens with zero attached hydrogens (tertiary/aromatic N) is 1. The predicted octanol–water partition coefficient (Wildman–Crippen LogP) is 5.65. The minimum absolute atomic E-state index is 0.0808. The number of carbonyl (C=O) groups is 2. The van der Waals surface area contributed by atoms with E-state index in [2.05, 4.69) is 0 Å². The quantitative estimate of drug-likeness (QED) is 0.281. The molecule has 0 aliphatic carbocycles. The highest BCUT2D eigenvalue weighted by Crippen LogP contribution is 2.46. The van der Waals surface area contributed by atoms with Gasteiger partial charge in [-0.1, -0.05) is 24.3 Å². The number of phenolic OH excluding ortho intramolecular Hbond substituents is 1. The van der Waals surface area contributed by atoms with Crippen LogP contribution in [0, 0.1) is 6.92 Å². The van der Waals surface area contributed by atoms with Crippen molar-refractivity contribution in [3.63, 3.8) is 0 Å². The second-order valence-electron chi connectivity index (χ2n) is 8.99. The van der Waals surface area contributed by atoms with Gasteiger partial charge in [0.1, 0.15) is 5.75 Å². The number of benzene rings is 3. The number of hydrogen-bond donors (Lipinski definition) is 2. The topological polar surface area (TPSA) is 119 Å². The maximum atomic E-state index is 14.0. The summed E-state index contributed by atoms with van der Waals surface area (Å²) in [6, 6.07) is 15.4. The van der Waals surface area contributed by atoms with Gasteiger partial charge in [0, 0.05) is 5.39 Å². The van der Waals surface area contributed by atoms with E-state index in [-0.39, 0.29) is 22.8 Å². The third-order valence-corrected chi connectivity index (χ3v) is 6.60. The number of aryl methyl sites for hydroxylation is 1. The number of hydrogen-bond acceptors (Lipinski definition) is 8. The Bertz CT molecular complexity index is 1630. The van der Waals surface area contributed by atoms with E-state index in [1.165, 1.54) is 31.3 Å². The van der Waals surface area contributed by atoms with E-state index in [1.54, 1.807) is 55.5 Å². The highest BCUT2D eigenvalue weighted by molar-refractivity contribution is 6.21. The average molecular weight is 530 g/mol. The largest absolute Gasteiger partial charge is 0.506 e. The highest BCUT2D eigenvalue weighted by Gasteiger charge is 2.46. The fourth-order valence-electron chi connectivity index (χ4n) is 4.80. The van der Waals surface area contributed by atoms with E-state index in [4.69, 9.17) is 18.6 Å². The number of anilines is 1. The van der Waals surface area contributed by atoms with E-state index in [1.807, 2.05) is 6.92 Å². The van der Waals surface area contributed by atoms with Gasteiger partial charge >= 0.3 is 0 Å². The third kappa shape index (κ3) is 4.31. The zero-order chi connectivity index (χ0) is 27.8. The number of fused-ring (bicyclic) bond motifs is 1. The first kappa shape index (κ1) is 25.7. The first-order valence-electron chi connectivity index (χ1n) is 12.3. The molecule has 39 heavy (non-hydrogen) atoms. The first-order valence-corrected chi connectivity index (χ1v) is 12.3. The molecule has 9 heteroatoms. The summed E-state index contributed by atoms with van der Waals surface area (Å²) in [5.74, 6) is -1.25. The van der Waals surface area contributed by atoms with Crippen molar-refractivity contribution in [2.24, 2.45) is 0 Å². The molecule has 2 heterocycles. The summed E-state index contributed by atoms with van der Waals surface area (Å²) in [5.41, 5.74) is 1.52. The summed E-state index contributed by atoms with van der Waals surface area (Å²) in [6.07, 6.45) is 0. The summed E-state index contributed by atoms with van der Waals surface area (Å²) in [7, 11) is 2.99. The number of aromatic hydroxyl groups is 1. The van der Waals surface area contributed by atoms with Crippen molar-refractivity contribution < 1.29 is 38.4 Å². The van der Waals surface area contributed by atoms with Gasteiger partial charge in [-0.3, -0.25) is 14.5 Å². The Morgan fingerprint density at radius 3 is 2.46 bits per heavy atom. The Labute approximate surface area is 224 Å². The Morgan fingerprint density at radius 2 is 1.74 bits per heavy atom. The third-order valence-electron chi connectivity index (χ3n) is 6.60. The molecule has 0 fully saturated rings. The van der Waals surface area contributed by atoms with E-state index in [9.17, 15) is 19.8 Å². The predicted molar refractivity (Wildman–Crippen MR) is 144 cm³/mol. The molecule has 0 bridgehead atoms. The fourth-order valence-corrected chi connectivity index (χ4v) is 4.80. The summed E-state index contributed by atoms with van der Waals surface area (Å²) in [4.78, 5) is 28.7. The molecule has 1 aromatic heterocycles. The van der Waals surface area contributed by atoms with Crippen molar-refractivity contribution in [1.82, 2.24) is 0 Å². The lowest BCUT2D eigenvalue weighted by molar-refractivity contribution is -0.117. The van der Waals surface area contributed by atoms with E-state index < -0.39 is 23.5 Å². The molecule has 0 radical (unpaired) electrons. The molecule has 3 aromatic carbocycles. The number of ether oxygens (including phenoxy) is 3. The van der Waals surface area contributed by atoms with Crippen LogP contribution in [0.4, 0.5) is 5.69 Å². The van der Waals surface area contributed by atoms with Crippen molar-refractivity contribution in [2.75, 3.05) is 25.7 Å². The summed E-state index contributed by atoms with van der Waals surface area (Å²) < 4.78 is 22.4. The molecule has 0 spiro atoms. The summed E-state index contributed by atoms with van der Waals surface area (Å²) in [5, 5.41) is 22.5. The molecule has 0 saturated carbocycles. The normalized spacial score (nSPS) is 15.2. The van der Waals surface area contributed by atoms with Crippen LogP contribution in [0.15, 0.2) is 76.4 Å². The molecule has 9 nitrogen and oxygen atoms in total. The molecule has 1 atom stereocenters. The molecule has 1 amide bonds. The zero-order valence-corrected chi connectivity index (χ0v) is 21.8. The van der Waals surface area contributed by atoms with Crippen LogP contribution in [0.25, 0.3) is 11.0 Å². The van der Waals surface area contributed by atoms with Gasteiger partial charge in [0.05, 0.1) is 38.1 Å². The molecule has 1 aliphatic rings. The van der Waals surface area contributed by atoms with Crippen LogP contribution in [-0.2, 0) is 4.79 Å². The number of para-hydroxylation sites is 1. The van der Waals surface area contributed by atoms with Crippen molar-refractivity contribution >= 4 is 28.3 Å². The number of carbonyl (C=O) groups excluding carboxylic acids is 2. The number of amides is 1. The Morgan fingerprint density at radius 1 is 0.974 bits per heavy atom. The van der Waals surface area contributed by atoms with Crippen molar-refractivity contribution in [3.05, 3.63) is 88.9 Å². The summed E-state index contributed by atoms with van der Waals surface area (Å²) >= 11 is 0. The minimum atomic E-state index is -1.11. The molecular weight excluding hydrogens is 502 g/mol. The van der Waals surface area contributed by atoms with Gasteiger partial charge in [0.15, 0.2) is 34.4 Å². The van der Waals surface area contributed by atoms with Crippen LogP contribution < -0.4 is 19.1 Å². The number of ketones is 1. The van der Waals surface area contributed by atoms with E-state index in [0.29, 0.717) is 40.4 Å². The number of methoxy groups -OCH3 is 2. The second kappa shape index (κ2) is 10.1. The molecule has 0 saturated heterocycles. The van der Waals surface area contributed by atoms with Gasteiger partial charge < -0.3 is 28.8 Å². The van der Waals surface area contributed by atoms with E-state index in [0.717, 1.165) is 5.56 Å².